The average Bonchev–Trinajstić information content (AvgIpc) is 0.722. The van der Waals surface area contributed by atoms with Crippen LogP contribution in [-0.2, 0) is 24.8 Å². The molecule has 0 saturated carbocycles. The molecule has 2 N–H and O–H groups in total. The van der Waals surface area contributed by atoms with Gasteiger partial charge in [-0.3, -0.25) is 0 Å². The monoisotopic (exact) mass is 255 g/mol. The molecule has 0 aromatic rings. The van der Waals surface area contributed by atoms with E-state index in [1.165, 1.54) is 0 Å². The second-order valence-corrected chi connectivity index (χ2v) is 3.00. The summed E-state index contributed by atoms with van der Waals surface area (Å²) in [6.07, 6.45) is 0. The van der Waals surface area contributed by atoms with Crippen molar-refractivity contribution in [3.63, 3.8) is 0 Å². The van der Waals surface area contributed by atoms with E-state index in [-0.39, 0.29) is 37.4 Å². The SMILES string of the molecule is O=[Te](=O)(O)O.[LiH].[V]. The molecule has 0 spiro atoms. The Balaban J connectivity index is -0.0000000800. The van der Waals surface area contributed by atoms with Crippen molar-refractivity contribution >= 4 is 37.8 Å². The van der Waals surface area contributed by atoms with Crippen molar-refractivity contribution < 1.29 is 31.7 Å². The van der Waals surface area contributed by atoms with Crippen LogP contribution in [0.2, 0.25) is 0 Å². The van der Waals surface area contributed by atoms with Crippen LogP contribution in [0.1, 0.15) is 0 Å². The Morgan fingerprint density at radius 3 is 1.14 bits per heavy atom. The molecule has 0 atom stereocenters. The summed E-state index contributed by atoms with van der Waals surface area (Å²) in [6, 6.07) is 0. The van der Waals surface area contributed by atoms with Crippen molar-refractivity contribution in [3.05, 3.63) is 0 Å². The Labute approximate surface area is 69.0 Å². The van der Waals surface area contributed by atoms with Gasteiger partial charge in [-0.05, 0) is 0 Å². The summed E-state index contributed by atoms with van der Waals surface area (Å²) < 4.78 is 32.0. The maximum absolute atomic E-state index is 8.85. The van der Waals surface area contributed by atoms with Crippen LogP contribution in [-0.4, -0.2) is 44.8 Å². The Morgan fingerprint density at radius 1 is 1.14 bits per heavy atom. The van der Waals surface area contributed by atoms with Crippen LogP contribution < -0.4 is 0 Å². The predicted octanol–water partition coefficient (Wildman–Crippen LogP) is -2.38. The van der Waals surface area contributed by atoms with Gasteiger partial charge in [0.25, 0.3) is 0 Å². The van der Waals surface area contributed by atoms with E-state index in [2.05, 4.69) is 0 Å². The standard InChI is InChI=1S/Li.H2O4Te.V.H/c;1-5(2,3)4;;/h;(H2,1,2,3,4);;. The number of rotatable bonds is 0. The Hall–Kier alpha value is 1.49. The van der Waals surface area contributed by atoms with Crippen molar-refractivity contribution in [1.82, 2.24) is 0 Å². The smallest absolute Gasteiger partial charge is 0 e. The van der Waals surface area contributed by atoms with Crippen molar-refractivity contribution in [1.29, 1.82) is 0 Å². The minimum atomic E-state index is -5.52. The second-order valence-electron chi connectivity index (χ2n) is 0.448. The quantitative estimate of drug-likeness (QED) is 0.472. The molecule has 0 heterocycles. The fraction of sp³-hybridized carbons (Fsp3) is 0. The van der Waals surface area contributed by atoms with E-state index in [0.29, 0.717) is 0 Å². The molecule has 0 aromatic heterocycles. The van der Waals surface area contributed by atoms with Crippen molar-refractivity contribution in [2.24, 2.45) is 0 Å². The third-order valence-electron chi connectivity index (χ3n) is 0. The first-order chi connectivity index (χ1) is 2.00. The normalized spacial score (nSPS) is 8.29. The van der Waals surface area contributed by atoms with Gasteiger partial charge < -0.3 is 0 Å². The van der Waals surface area contributed by atoms with Crippen molar-refractivity contribution in [2.75, 3.05) is 0 Å². The van der Waals surface area contributed by atoms with Crippen LogP contribution in [0.25, 0.3) is 0 Å². The van der Waals surface area contributed by atoms with E-state index < -0.39 is 19.0 Å². The molecule has 39 valence electrons. The van der Waals surface area contributed by atoms with E-state index in [4.69, 9.17) is 13.2 Å². The van der Waals surface area contributed by atoms with Gasteiger partial charge in [-0.25, -0.2) is 0 Å². The second kappa shape index (κ2) is 5.62. The zero-order valence-electron chi connectivity index (χ0n) is 2.57. The number of hydrogen-bond donors (Lipinski definition) is 2. The molecule has 0 bridgehead atoms. The molecule has 0 unspecified atom stereocenters. The molecule has 0 amide bonds. The average molecular weight is 253 g/mol. The summed E-state index contributed by atoms with van der Waals surface area (Å²) >= 11 is -5.52. The summed E-state index contributed by atoms with van der Waals surface area (Å²) in [7, 11) is 0. The maximum Gasteiger partial charge on any atom is 0 e. The summed E-state index contributed by atoms with van der Waals surface area (Å²) in [5.74, 6) is 0. The van der Waals surface area contributed by atoms with Crippen molar-refractivity contribution in [2.45, 2.75) is 0 Å². The first kappa shape index (κ1) is 15.8. The third kappa shape index (κ3) is 102. The molecule has 0 aliphatic heterocycles. The molecule has 4 nitrogen and oxygen atoms in total. The van der Waals surface area contributed by atoms with Crippen molar-refractivity contribution in [3.8, 4) is 0 Å². The fourth-order valence-corrected chi connectivity index (χ4v) is 0. The minimum absolute atomic E-state index is 0. The van der Waals surface area contributed by atoms with Gasteiger partial charge >= 0.3 is 51.0 Å². The maximum atomic E-state index is 8.85. The van der Waals surface area contributed by atoms with E-state index in [9.17, 15) is 0 Å². The molecule has 7 heteroatoms. The van der Waals surface area contributed by atoms with Crippen LogP contribution in [0.5, 0.6) is 0 Å². The zero-order valence-corrected chi connectivity index (χ0v) is 6.29. The van der Waals surface area contributed by atoms with Crippen LogP contribution in [0.4, 0.5) is 0 Å². The first-order valence-electron chi connectivity index (χ1n) is 0.698. The molecule has 1 radical (unpaired) electrons. The molecule has 0 rings (SSSR count). The van der Waals surface area contributed by atoms with Crippen LogP contribution in [0.15, 0.2) is 0 Å². The summed E-state index contributed by atoms with van der Waals surface area (Å²) in [5.41, 5.74) is 0. The predicted molar refractivity (Wildman–Crippen MR) is 18.7 cm³/mol. The minimum Gasteiger partial charge on any atom is 0 e. The molecule has 0 saturated heterocycles. The molecule has 0 aliphatic carbocycles. The Bertz CT molecular complexity index is 94.9. The summed E-state index contributed by atoms with van der Waals surface area (Å²) in [6.45, 7) is 0. The zero-order chi connectivity index (χ0) is 4.50. The van der Waals surface area contributed by atoms with Gasteiger partial charge in [0.15, 0.2) is 0 Å². The molecule has 0 aromatic carbocycles. The molecule has 0 aliphatic rings. The van der Waals surface area contributed by atoms with E-state index in [1.54, 1.807) is 0 Å². The van der Waals surface area contributed by atoms with E-state index in [1.807, 2.05) is 0 Å². The molecule has 7 heavy (non-hydrogen) atoms. The van der Waals surface area contributed by atoms with Crippen LogP contribution in [0.3, 0.4) is 0 Å². The van der Waals surface area contributed by atoms with Gasteiger partial charge in [0.05, 0.1) is 0 Å². The van der Waals surface area contributed by atoms with Gasteiger partial charge in [-0.1, -0.05) is 0 Å². The van der Waals surface area contributed by atoms with Crippen LogP contribution in [0, 0.1) is 0 Å². The summed E-state index contributed by atoms with van der Waals surface area (Å²) in [5, 5.41) is 0. The molecular formula is H3LiO4TeV. The van der Waals surface area contributed by atoms with E-state index >= 15 is 0 Å². The first-order valence-corrected chi connectivity index (χ1v) is 4.69. The molecular weight excluding hydrogens is 249 g/mol. The largest absolute Gasteiger partial charge is 0 e. The van der Waals surface area contributed by atoms with E-state index in [0.717, 1.165) is 0 Å². The van der Waals surface area contributed by atoms with Crippen LogP contribution >= 0.6 is 0 Å². The third-order valence-corrected chi connectivity index (χ3v) is 0. The van der Waals surface area contributed by atoms with Gasteiger partial charge in [0, 0.05) is 18.6 Å². The summed E-state index contributed by atoms with van der Waals surface area (Å²) in [4.78, 5) is 0. The fourth-order valence-electron chi connectivity index (χ4n) is 0. The van der Waals surface area contributed by atoms with Gasteiger partial charge in [0.2, 0.25) is 0 Å². The van der Waals surface area contributed by atoms with Gasteiger partial charge in [-0.15, -0.1) is 0 Å². The number of hydrogen-bond acceptors (Lipinski definition) is 2. The molecule has 0 fully saturated rings. The van der Waals surface area contributed by atoms with Gasteiger partial charge in [-0.2, -0.15) is 0 Å². The Morgan fingerprint density at radius 2 is 1.14 bits per heavy atom. The topological polar surface area (TPSA) is 74.6 Å². The Kier molecular flexibility index (Phi) is 12.7. The van der Waals surface area contributed by atoms with Gasteiger partial charge in [0.1, 0.15) is 0 Å².